The van der Waals surface area contributed by atoms with Crippen LogP contribution in [0.4, 0.5) is 0 Å². The molecule has 9 heteroatoms. The van der Waals surface area contributed by atoms with Crippen LogP contribution >= 0.6 is 0 Å². The summed E-state index contributed by atoms with van der Waals surface area (Å²) in [6.45, 7) is 1.92. The van der Waals surface area contributed by atoms with E-state index in [1.165, 1.54) is 0 Å². The highest BCUT2D eigenvalue weighted by Gasteiger charge is 2.47. The maximum Gasteiger partial charge on any atom is 0.275 e. The second kappa shape index (κ2) is 6.82. The van der Waals surface area contributed by atoms with Gasteiger partial charge in [-0.2, -0.15) is 5.10 Å². The molecule has 9 nitrogen and oxygen atoms in total. The lowest BCUT2D eigenvalue weighted by Crippen LogP contribution is -2.60. The molecule has 0 radical (unpaired) electrons. The predicted molar refractivity (Wildman–Crippen MR) is 104 cm³/mol. The van der Waals surface area contributed by atoms with Crippen molar-refractivity contribution in [3.05, 3.63) is 24.2 Å². The highest BCUT2D eigenvalue weighted by Crippen LogP contribution is 2.44. The van der Waals surface area contributed by atoms with Gasteiger partial charge in [0, 0.05) is 49.9 Å². The van der Waals surface area contributed by atoms with Crippen molar-refractivity contribution < 1.29 is 14.4 Å². The quantitative estimate of drug-likeness (QED) is 0.702. The number of H-pyrrole nitrogens is 1. The molecule has 1 unspecified atom stereocenters. The third-order valence-electron chi connectivity index (χ3n) is 6.65. The van der Waals surface area contributed by atoms with Crippen LogP contribution in [0.3, 0.4) is 0 Å². The van der Waals surface area contributed by atoms with Crippen LogP contribution in [0, 0.1) is 11.3 Å². The Kier molecular flexibility index (Phi) is 4.25. The molecule has 5 rings (SSSR count). The van der Waals surface area contributed by atoms with Crippen LogP contribution in [-0.4, -0.2) is 63.5 Å². The molecule has 0 bridgehead atoms. The molecule has 1 aliphatic carbocycles. The van der Waals surface area contributed by atoms with Crippen molar-refractivity contribution in [2.75, 3.05) is 19.6 Å². The Morgan fingerprint density at radius 1 is 1.24 bits per heavy atom. The van der Waals surface area contributed by atoms with E-state index in [2.05, 4.69) is 25.8 Å². The Morgan fingerprint density at radius 2 is 2.03 bits per heavy atom. The summed E-state index contributed by atoms with van der Waals surface area (Å²) in [4.78, 5) is 42.4. The van der Waals surface area contributed by atoms with Gasteiger partial charge < -0.3 is 15.5 Å². The second-order valence-electron chi connectivity index (χ2n) is 8.64. The lowest BCUT2D eigenvalue weighted by molar-refractivity contribution is -0.127. The van der Waals surface area contributed by atoms with Gasteiger partial charge in [-0.1, -0.05) is 0 Å². The molecule has 1 spiro atoms. The van der Waals surface area contributed by atoms with Crippen LogP contribution in [0.5, 0.6) is 0 Å². The molecule has 2 aliphatic heterocycles. The summed E-state index contributed by atoms with van der Waals surface area (Å²) in [5, 5.41) is 13.7. The Morgan fingerprint density at radius 3 is 2.76 bits per heavy atom. The Balaban J connectivity index is 1.14. The molecule has 1 atom stereocenters. The average molecular weight is 396 g/mol. The van der Waals surface area contributed by atoms with E-state index in [1.807, 2.05) is 11.0 Å². The fourth-order valence-corrected chi connectivity index (χ4v) is 4.88. The molecule has 3 fully saturated rings. The zero-order valence-corrected chi connectivity index (χ0v) is 16.1. The third kappa shape index (κ3) is 3.24. The topological polar surface area (TPSA) is 120 Å². The molecule has 29 heavy (non-hydrogen) atoms. The monoisotopic (exact) mass is 396 g/mol. The minimum atomic E-state index is -0.242. The van der Waals surface area contributed by atoms with E-state index >= 15 is 0 Å². The van der Waals surface area contributed by atoms with Gasteiger partial charge >= 0.3 is 0 Å². The number of amides is 3. The maximum absolute atomic E-state index is 12.8. The molecule has 2 aromatic heterocycles. The van der Waals surface area contributed by atoms with Crippen LogP contribution in [0.1, 0.15) is 42.6 Å². The van der Waals surface area contributed by atoms with Crippen molar-refractivity contribution in [3.8, 4) is 0 Å². The summed E-state index contributed by atoms with van der Waals surface area (Å²) in [6.07, 6.45) is 7.44. The van der Waals surface area contributed by atoms with Gasteiger partial charge in [0.1, 0.15) is 0 Å². The second-order valence-corrected chi connectivity index (χ2v) is 8.64. The van der Waals surface area contributed by atoms with Crippen LogP contribution in [0.25, 0.3) is 10.9 Å². The molecular formula is C20H24N6O3. The molecule has 2 aromatic rings. The van der Waals surface area contributed by atoms with E-state index in [1.54, 1.807) is 12.4 Å². The van der Waals surface area contributed by atoms with E-state index in [0.717, 1.165) is 49.7 Å². The zero-order valence-electron chi connectivity index (χ0n) is 16.1. The Bertz CT molecular complexity index is 970. The third-order valence-corrected chi connectivity index (χ3v) is 6.65. The van der Waals surface area contributed by atoms with Crippen molar-refractivity contribution in [2.24, 2.45) is 11.3 Å². The van der Waals surface area contributed by atoms with Gasteiger partial charge in [-0.3, -0.25) is 24.5 Å². The number of nitrogens with one attached hydrogen (secondary N) is 3. The van der Waals surface area contributed by atoms with Crippen LogP contribution in [0.2, 0.25) is 0 Å². The Hall–Kier alpha value is -2.97. The van der Waals surface area contributed by atoms with Crippen molar-refractivity contribution in [1.29, 1.82) is 0 Å². The summed E-state index contributed by atoms with van der Waals surface area (Å²) >= 11 is 0. The normalized spacial score (nSPS) is 23.8. The van der Waals surface area contributed by atoms with Crippen molar-refractivity contribution in [3.63, 3.8) is 0 Å². The first kappa shape index (κ1) is 18.1. The largest absolute Gasteiger partial charge is 0.355 e. The standard InChI is InChI=1S/C20H24N6O3/c27-16-7-12(8-22-16)18(28)23-13-1-4-20(5-2-13)10-26(11-20)19(29)17-14-9-21-6-3-15(14)24-25-17/h3,6,9,12-13H,1-2,4-5,7-8,10-11H2,(H,22,27)(H,23,28)(H,24,25). The summed E-state index contributed by atoms with van der Waals surface area (Å²) in [5.74, 6) is -0.363. The molecule has 2 saturated heterocycles. The van der Waals surface area contributed by atoms with Gasteiger partial charge in [-0.15, -0.1) is 0 Å². The number of likely N-dealkylation sites (tertiary alicyclic amines) is 1. The van der Waals surface area contributed by atoms with Crippen LogP contribution < -0.4 is 10.6 Å². The number of fused-ring (bicyclic) bond motifs is 1. The molecule has 1 saturated carbocycles. The minimum Gasteiger partial charge on any atom is -0.355 e. The van der Waals surface area contributed by atoms with Gasteiger partial charge in [0.25, 0.3) is 5.91 Å². The number of pyridine rings is 1. The highest BCUT2D eigenvalue weighted by atomic mass is 16.2. The molecule has 3 aliphatic rings. The van der Waals surface area contributed by atoms with Gasteiger partial charge in [-0.25, -0.2) is 0 Å². The summed E-state index contributed by atoms with van der Waals surface area (Å²) in [6, 6.07) is 1.97. The zero-order chi connectivity index (χ0) is 20.0. The first-order valence-corrected chi connectivity index (χ1v) is 10.2. The van der Waals surface area contributed by atoms with E-state index < -0.39 is 0 Å². The Labute approximate surface area is 167 Å². The summed E-state index contributed by atoms with van der Waals surface area (Å²) in [7, 11) is 0. The van der Waals surface area contributed by atoms with E-state index in [-0.39, 0.29) is 41.5 Å². The molecular weight excluding hydrogens is 372 g/mol. The first-order chi connectivity index (χ1) is 14.0. The number of nitrogens with zero attached hydrogens (tertiary/aromatic N) is 3. The number of aromatic nitrogens is 3. The van der Waals surface area contributed by atoms with E-state index in [0.29, 0.717) is 12.2 Å². The first-order valence-electron chi connectivity index (χ1n) is 10.2. The average Bonchev–Trinajstić information content (AvgIpc) is 3.33. The number of carbonyl (C=O) groups excluding carboxylic acids is 3. The number of hydrogen-bond donors (Lipinski definition) is 3. The minimum absolute atomic E-state index is 0.0197. The van der Waals surface area contributed by atoms with Gasteiger partial charge in [0.05, 0.1) is 16.8 Å². The summed E-state index contributed by atoms with van der Waals surface area (Å²) < 4.78 is 0. The highest BCUT2D eigenvalue weighted by molar-refractivity contribution is 6.04. The molecule has 4 heterocycles. The maximum atomic E-state index is 12.8. The van der Waals surface area contributed by atoms with Crippen molar-refractivity contribution in [2.45, 2.75) is 38.1 Å². The lowest BCUT2D eigenvalue weighted by atomic mass is 9.67. The lowest BCUT2D eigenvalue weighted by Gasteiger charge is -2.53. The van der Waals surface area contributed by atoms with E-state index in [9.17, 15) is 14.4 Å². The number of aromatic amines is 1. The smallest absolute Gasteiger partial charge is 0.275 e. The van der Waals surface area contributed by atoms with E-state index in [4.69, 9.17) is 0 Å². The number of carbonyl (C=O) groups is 3. The van der Waals surface area contributed by atoms with Gasteiger partial charge in [-0.05, 0) is 31.7 Å². The molecule has 3 N–H and O–H groups in total. The fraction of sp³-hybridized carbons (Fsp3) is 0.550. The van der Waals surface area contributed by atoms with Gasteiger partial charge in [0.2, 0.25) is 11.8 Å². The fourth-order valence-electron chi connectivity index (χ4n) is 4.88. The summed E-state index contributed by atoms with van der Waals surface area (Å²) in [5.41, 5.74) is 1.41. The molecule has 3 amide bonds. The number of rotatable bonds is 3. The van der Waals surface area contributed by atoms with Gasteiger partial charge in [0.15, 0.2) is 5.69 Å². The van der Waals surface area contributed by atoms with Crippen LogP contribution in [-0.2, 0) is 9.59 Å². The SMILES string of the molecule is O=C1CC(C(=O)NC2CCC3(CC2)CN(C(=O)c2n[nH]c4ccncc24)C3)CN1. The van der Waals surface area contributed by atoms with Crippen LogP contribution in [0.15, 0.2) is 18.5 Å². The van der Waals surface area contributed by atoms with Crippen molar-refractivity contribution in [1.82, 2.24) is 30.7 Å². The predicted octanol–water partition coefficient (Wildman–Crippen LogP) is 0.595. The number of hydrogen-bond acceptors (Lipinski definition) is 5. The molecule has 152 valence electrons. The molecule has 0 aromatic carbocycles. The van der Waals surface area contributed by atoms with Crippen molar-refractivity contribution >= 4 is 28.6 Å².